The van der Waals surface area contributed by atoms with Gasteiger partial charge >= 0.3 is 0 Å². The Balaban J connectivity index is 2.74. The molecule has 0 saturated carbocycles. The first-order valence-electron chi connectivity index (χ1n) is 6.45. The van der Waals surface area contributed by atoms with Crippen LogP contribution in [-0.4, -0.2) is 31.4 Å². The fourth-order valence-corrected chi connectivity index (χ4v) is 2.36. The Morgan fingerprint density at radius 1 is 1.32 bits per heavy atom. The Labute approximate surface area is 114 Å². The van der Waals surface area contributed by atoms with Crippen molar-refractivity contribution >= 4 is 9.84 Å². The van der Waals surface area contributed by atoms with E-state index < -0.39 is 15.1 Å². The van der Waals surface area contributed by atoms with E-state index in [0.29, 0.717) is 24.8 Å². The Morgan fingerprint density at radius 3 is 2.42 bits per heavy atom. The number of aromatic nitrogens is 2. The van der Waals surface area contributed by atoms with Gasteiger partial charge in [-0.2, -0.15) is 4.98 Å². The van der Waals surface area contributed by atoms with Crippen molar-refractivity contribution in [1.29, 1.82) is 0 Å². The molecule has 110 valence electrons. The molecular formula is C12H23N3O3S. The number of nitrogens with zero attached hydrogens (tertiary/aromatic N) is 2. The van der Waals surface area contributed by atoms with E-state index in [1.54, 1.807) is 6.92 Å². The Bertz CT molecular complexity index is 496. The van der Waals surface area contributed by atoms with Crippen LogP contribution in [0.15, 0.2) is 4.52 Å². The molecule has 0 aliphatic rings. The molecule has 0 aromatic carbocycles. The van der Waals surface area contributed by atoms with E-state index >= 15 is 0 Å². The smallest absolute Gasteiger partial charge is 0.227 e. The zero-order valence-corrected chi connectivity index (χ0v) is 12.8. The third-order valence-electron chi connectivity index (χ3n) is 3.09. The average Bonchev–Trinajstić information content (AvgIpc) is 2.73. The van der Waals surface area contributed by atoms with Crippen LogP contribution < -0.4 is 5.73 Å². The third kappa shape index (κ3) is 4.91. The fraction of sp³-hybridized carbons (Fsp3) is 0.833. The number of sulfone groups is 1. The van der Waals surface area contributed by atoms with Crippen molar-refractivity contribution in [1.82, 2.24) is 10.1 Å². The molecule has 1 heterocycles. The second-order valence-electron chi connectivity index (χ2n) is 5.45. The SMILES string of the molecule is CC(C)CC(CN)Cc1nc(C(C)S(C)(=O)=O)no1. The Hall–Kier alpha value is -0.950. The molecule has 0 aliphatic carbocycles. The normalized spacial score (nSPS) is 15.7. The maximum absolute atomic E-state index is 11.4. The van der Waals surface area contributed by atoms with E-state index in [1.807, 2.05) is 0 Å². The van der Waals surface area contributed by atoms with Crippen molar-refractivity contribution < 1.29 is 12.9 Å². The van der Waals surface area contributed by atoms with Crippen LogP contribution in [0.5, 0.6) is 0 Å². The Morgan fingerprint density at radius 2 is 1.95 bits per heavy atom. The lowest BCUT2D eigenvalue weighted by atomic mass is 9.94. The van der Waals surface area contributed by atoms with Gasteiger partial charge in [-0.3, -0.25) is 0 Å². The van der Waals surface area contributed by atoms with Gasteiger partial charge in [0.2, 0.25) is 5.89 Å². The minimum absolute atomic E-state index is 0.220. The van der Waals surface area contributed by atoms with Gasteiger partial charge in [0.1, 0.15) is 5.25 Å². The van der Waals surface area contributed by atoms with E-state index in [4.69, 9.17) is 10.3 Å². The topological polar surface area (TPSA) is 99.1 Å². The predicted molar refractivity (Wildman–Crippen MR) is 73.3 cm³/mol. The molecule has 19 heavy (non-hydrogen) atoms. The van der Waals surface area contributed by atoms with Crippen LogP contribution in [0.25, 0.3) is 0 Å². The van der Waals surface area contributed by atoms with Crippen molar-refractivity contribution in [3.05, 3.63) is 11.7 Å². The van der Waals surface area contributed by atoms with Gasteiger partial charge in [-0.15, -0.1) is 0 Å². The molecule has 0 radical (unpaired) electrons. The molecule has 6 nitrogen and oxygen atoms in total. The molecule has 0 aliphatic heterocycles. The van der Waals surface area contributed by atoms with Gasteiger partial charge in [0.05, 0.1) is 0 Å². The van der Waals surface area contributed by atoms with Crippen molar-refractivity contribution in [2.45, 2.75) is 38.9 Å². The Kier molecular flexibility index (Phi) is 5.49. The van der Waals surface area contributed by atoms with E-state index in [-0.39, 0.29) is 11.7 Å². The minimum atomic E-state index is -3.21. The van der Waals surface area contributed by atoms with E-state index in [2.05, 4.69) is 24.0 Å². The molecule has 0 amide bonds. The number of hydrogen-bond acceptors (Lipinski definition) is 6. The molecular weight excluding hydrogens is 266 g/mol. The second kappa shape index (κ2) is 6.47. The highest BCUT2D eigenvalue weighted by Gasteiger charge is 2.24. The summed E-state index contributed by atoms with van der Waals surface area (Å²) in [5.74, 6) is 1.51. The second-order valence-corrected chi connectivity index (χ2v) is 7.82. The summed E-state index contributed by atoms with van der Waals surface area (Å²) in [4.78, 5) is 4.16. The summed E-state index contributed by atoms with van der Waals surface area (Å²) < 4.78 is 28.0. The highest BCUT2D eigenvalue weighted by molar-refractivity contribution is 7.90. The van der Waals surface area contributed by atoms with Crippen molar-refractivity contribution in [2.24, 2.45) is 17.6 Å². The summed E-state index contributed by atoms with van der Waals surface area (Å²) in [5, 5.41) is 3.00. The maximum Gasteiger partial charge on any atom is 0.227 e. The van der Waals surface area contributed by atoms with Crippen LogP contribution in [-0.2, 0) is 16.3 Å². The van der Waals surface area contributed by atoms with Crippen LogP contribution in [0.4, 0.5) is 0 Å². The lowest BCUT2D eigenvalue weighted by molar-refractivity contribution is 0.329. The van der Waals surface area contributed by atoms with Gasteiger partial charge in [0.25, 0.3) is 0 Å². The van der Waals surface area contributed by atoms with Crippen LogP contribution in [0.1, 0.15) is 44.2 Å². The molecule has 0 bridgehead atoms. The standard InChI is InChI=1S/C12H23N3O3S/c1-8(2)5-10(7-13)6-11-14-12(15-18-11)9(3)19(4,16)17/h8-10H,5-7,13H2,1-4H3. The van der Waals surface area contributed by atoms with Gasteiger partial charge < -0.3 is 10.3 Å². The van der Waals surface area contributed by atoms with Crippen LogP contribution in [0.3, 0.4) is 0 Å². The number of nitrogens with two attached hydrogens (primary N) is 1. The summed E-state index contributed by atoms with van der Waals surface area (Å²) in [5.41, 5.74) is 5.72. The lowest BCUT2D eigenvalue weighted by Crippen LogP contribution is -2.19. The van der Waals surface area contributed by atoms with Gasteiger partial charge in [-0.1, -0.05) is 19.0 Å². The summed E-state index contributed by atoms with van der Waals surface area (Å²) in [6, 6.07) is 0. The molecule has 1 aromatic rings. The zero-order chi connectivity index (χ0) is 14.6. The predicted octanol–water partition coefficient (Wildman–Crippen LogP) is 1.34. The molecule has 0 saturated heterocycles. The first-order valence-corrected chi connectivity index (χ1v) is 8.40. The first-order chi connectivity index (χ1) is 8.74. The minimum Gasteiger partial charge on any atom is -0.339 e. The first kappa shape index (κ1) is 16.1. The number of hydrogen-bond donors (Lipinski definition) is 1. The van der Waals surface area contributed by atoms with Crippen molar-refractivity contribution in [3.8, 4) is 0 Å². The van der Waals surface area contributed by atoms with Gasteiger partial charge in [0.15, 0.2) is 15.7 Å². The summed E-state index contributed by atoms with van der Waals surface area (Å²) in [7, 11) is -3.21. The lowest BCUT2D eigenvalue weighted by Gasteiger charge is -2.14. The van der Waals surface area contributed by atoms with Crippen LogP contribution in [0.2, 0.25) is 0 Å². The quantitative estimate of drug-likeness (QED) is 0.813. The third-order valence-corrected chi connectivity index (χ3v) is 4.59. The van der Waals surface area contributed by atoms with E-state index in [0.717, 1.165) is 12.7 Å². The van der Waals surface area contributed by atoms with E-state index in [9.17, 15) is 8.42 Å². The summed E-state index contributed by atoms with van der Waals surface area (Å²) in [6.07, 6.45) is 2.74. The van der Waals surface area contributed by atoms with Gasteiger partial charge in [0, 0.05) is 12.7 Å². The average molecular weight is 289 g/mol. The molecule has 7 heteroatoms. The highest BCUT2D eigenvalue weighted by atomic mass is 32.2. The molecule has 0 spiro atoms. The number of rotatable bonds is 7. The van der Waals surface area contributed by atoms with Crippen molar-refractivity contribution in [3.63, 3.8) is 0 Å². The van der Waals surface area contributed by atoms with Gasteiger partial charge in [-0.05, 0) is 31.7 Å². The maximum atomic E-state index is 11.4. The fourth-order valence-electron chi connectivity index (χ4n) is 1.88. The van der Waals surface area contributed by atoms with Gasteiger partial charge in [-0.25, -0.2) is 8.42 Å². The van der Waals surface area contributed by atoms with Crippen molar-refractivity contribution in [2.75, 3.05) is 12.8 Å². The van der Waals surface area contributed by atoms with Crippen LogP contribution in [0, 0.1) is 11.8 Å². The molecule has 0 fully saturated rings. The zero-order valence-electron chi connectivity index (χ0n) is 12.0. The van der Waals surface area contributed by atoms with E-state index in [1.165, 1.54) is 0 Å². The molecule has 2 atom stereocenters. The molecule has 2 N–H and O–H groups in total. The molecule has 1 aromatic heterocycles. The molecule has 1 rings (SSSR count). The largest absolute Gasteiger partial charge is 0.339 e. The summed E-state index contributed by atoms with van der Waals surface area (Å²) >= 11 is 0. The highest BCUT2D eigenvalue weighted by Crippen LogP contribution is 2.20. The summed E-state index contributed by atoms with van der Waals surface area (Å²) in [6.45, 7) is 6.37. The van der Waals surface area contributed by atoms with Crippen LogP contribution >= 0.6 is 0 Å². The molecule has 2 unspecified atom stereocenters. The monoisotopic (exact) mass is 289 g/mol.